The summed E-state index contributed by atoms with van der Waals surface area (Å²) in [5.41, 5.74) is 9.61. The first kappa shape index (κ1) is 17.8. The van der Waals surface area contributed by atoms with Crippen molar-refractivity contribution in [2.75, 3.05) is 5.32 Å². The number of rotatable bonds is 4. The van der Waals surface area contributed by atoms with Crippen molar-refractivity contribution in [3.05, 3.63) is 83.4 Å². The van der Waals surface area contributed by atoms with Crippen LogP contribution in [0.15, 0.2) is 60.8 Å². The maximum absolute atomic E-state index is 13.2. The number of nitrogens with zero attached hydrogens (tertiary/aromatic N) is 3. The van der Waals surface area contributed by atoms with E-state index in [1.807, 2.05) is 31.2 Å². The average Bonchev–Trinajstić information content (AvgIpc) is 3.11. The molecule has 0 aliphatic rings. The van der Waals surface area contributed by atoms with Crippen molar-refractivity contribution in [3.8, 4) is 5.69 Å². The summed E-state index contributed by atoms with van der Waals surface area (Å²) in [5, 5.41) is 7.86. The summed E-state index contributed by atoms with van der Waals surface area (Å²) >= 11 is 0. The van der Waals surface area contributed by atoms with Gasteiger partial charge in [0.2, 0.25) is 0 Å². The van der Waals surface area contributed by atoms with Crippen molar-refractivity contribution in [1.82, 2.24) is 14.8 Å². The Morgan fingerprint density at radius 3 is 2.71 bits per heavy atom. The fourth-order valence-electron chi connectivity index (χ4n) is 3.06. The summed E-state index contributed by atoms with van der Waals surface area (Å²) in [6.45, 7) is 2.21. The first-order valence-electron chi connectivity index (χ1n) is 8.77. The fourth-order valence-corrected chi connectivity index (χ4v) is 3.06. The van der Waals surface area contributed by atoms with Crippen LogP contribution < -0.4 is 11.1 Å². The van der Waals surface area contributed by atoms with Gasteiger partial charge < -0.3 is 11.1 Å². The Morgan fingerprint density at radius 2 is 1.96 bits per heavy atom. The minimum atomic E-state index is -0.330. The number of aryl methyl sites for hydroxylation is 1. The third kappa shape index (κ3) is 3.35. The largest absolute Gasteiger partial charge is 0.326 e. The normalized spacial score (nSPS) is 11.0. The first-order chi connectivity index (χ1) is 13.5. The van der Waals surface area contributed by atoms with Crippen LogP contribution in [0.1, 0.15) is 21.6 Å². The number of hydrogen-bond donors (Lipinski definition) is 2. The monoisotopic (exact) mass is 375 g/mol. The summed E-state index contributed by atoms with van der Waals surface area (Å²) < 4.78 is 14.8. The van der Waals surface area contributed by atoms with Crippen LogP contribution in [0.3, 0.4) is 0 Å². The lowest BCUT2D eigenvalue weighted by molar-refractivity contribution is 0.102. The van der Waals surface area contributed by atoms with Crippen LogP contribution in [0.2, 0.25) is 0 Å². The highest BCUT2D eigenvalue weighted by atomic mass is 19.1. The van der Waals surface area contributed by atoms with E-state index >= 15 is 0 Å². The molecule has 4 aromatic rings. The Morgan fingerprint density at radius 1 is 1.18 bits per heavy atom. The molecule has 7 heteroatoms. The Balaban J connectivity index is 1.75. The van der Waals surface area contributed by atoms with Gasteiger partial charge >= 0.3 is 0 Å². The van der Waals surface area contributed by atoms with E-state index in [2.05, 4.69) is 15.4 Å². The molecule has 0 saturated carbocycles. The molecule has 0 spiro atoms. The molecule has 0 aliphatic carbocycles. The van der Waals surface area contributed by atoms with Gasteiger partial charge in [-0.3, -0.25) is 4.79 Å². The number of fused-ring (bicyclic) bond motifs is 1. The quantitative estimate of drug-likeness (QED) is 0.571. The van der Waals surface area contributed by atoms with Crippen molar-refractivity contribution >= 4 is 22.6 Å². The number of benzene rings is 2. The molecule has 1 amide bonds. The van der Waals surface area contributed by atoms with E-state index in [1.165, 1.54) is 12.1 Å². The van der Waals surface area contributed by atoms with Crippen LogP contribution >= 0.6 is 0 Å². The molecule has 0 saturated heterocycles. The number of pyridine rings is 1. The molecule has 2 aromatic heterocycles. The van der Waals surface area contributed by atoms with Gasteiger partial charge in [-0.15, -0.1) is 0 Å². The highest BCUT2D eigenvalue weighted by molar-refractivity contribution is 6.12. The molecule has 0 bridgehead atoms. The summed E-state index contributed by atoms with van der Waals surface area (Å²) in [5.74, 6) is -0.590. The van der Waals surface area contributed by atoms with Crippen LogP contribution in [-0.4, -0.2) is 20.7 Å². The molecule has 0 aliphatic heterocycles. The average molecular weight is 375 g/mol. The molecular weight excluding hydrogens is 357 g/mol. The smallest absolute Gasteiger partial charge is 0.256 e. The zero-order valence-corrected chi connectivity index (χ0v) is 15.2. The Bertz CT molecular complexity index is 1170. The van der Waals surface area contributed by atoms with Crippen molar-refractivity contribution in [2.24, 2.45) is 5.73 Å². The van der Waals surface area contributed by atoms with Crippen LogP contribution in [0, 0.1) is 12.7 Å². The van der Waals surface area contributed by atoms with Gasteiger partial charge in [-0.25, -0.2) is 14.1 Å². The number of carbonyl (C=O) groups is 1. The number of halogens is 1. The molecule has 3 N–H and O–H groups in total. The molecule has 0 radical (unpaired) electrons. The van der Waals surface area contributed by atoms with Gasteiger partial charge in [0, 0.05) is 17.9 Å². The molecule has 140 valence electrons. The Hall–Kier alpha value is -3.58. The maximum atomic E-state index is 13.2. The second kappa shape index (κ2) is 7.21. The maximum Gasteiger partial charge on any atom is 0.256 e. The Labute approximate surface area is 160 Å². The van der Waals surface area contributed by atoms with Crippen LogP contribution in [0.4, 0.5) is 10.1 Å². The SMILES string of the molecule is Cc1cc(C(=O)Nc2cccc(CN)c2)c2cnn(-c3ccc(F)cc3)c2n1. The summed E-state index contributed by atoms with van der Waals surface area (Å²) in [7, 11) is 0. The van der Waals surface area contributed by atoms with Gasteiger partial charge in [-0.1, -0.05) is 12.1 Å². The molecule has 6 nitrogen and oxygen atoms in total. The minimum absolute atomic E-state index is 0.261. The molecule has 0 atom stereocenters. The van der Waals surface area contributed by atoms with E-state index in [9.17, 15) is 9.18 Å². The van der Waals surface area contributed by atoms with Gasteiger partial charge in [0.05, 0.1) is 22.8 Å². The third-order valence-electron chi connectivity index (χ3n) is 4.41. The number of hydrogen-bond acceptors (Lipinski definition) is 4. The number of nitrogens with two attached hydrogens (primary N) is 1. The molecule has 4 rings (SSSR count). The number of nitrogens with one attached hydrogen (secondary N) is 1. The van der Waals surface area contributed by atoms with Gasteiger partial charge in [0.25, 0.3) is 5.91 Å². The standard InChI is InChI=1S/C21H18FN5O/c1-13-9-18(21(28)26-16-4-2-3-14(10-16)11-23)19-12-24-27(20(19)25-13)17-7-5-15(22)6-8-17/h2-10,12H,11,23H2,1H3,(H,26,28). The summed E-state index contributed by atoms with van der Waals surface area (Å²) in [4.78, 5) is 17.4. The number of carbonyl (C=O) groups excluding carboxylic acids is 1. The van der Waals surface area contributed by atoms with Gasteiger partial charge in [-0.2, -0.15) is 5.10 Å². The lowest BCUT2D eigenvalue weighted by Gasteiger charge is -2.09. The fraction of sp³-hybridized carbons (Fsp3) is 0.0952. The lowest BCUT2D eigenvalue weighted by Crippen LogP contribution is -2.13. The van der Waals surface area contributed by atoms with E-state index < -0.39 is 0 Å². The first-order valence-corrected chi connectivity index (χ1v) is 8.77. The van der Waals surface area contributed by atoms with Crippen LogP contribution in [0.25, 0.3) is 16.7 Å². The molecular formula is C21H18FN5O. The predicted molar refractivity (Wildman–Crippen MR) is 106 cm³/mol. The van der Waals surface area contributed by atoms with Crippen molar-refractivity contribution < 1.29 is 9.18 Å². The van der Waals surface area contributed by atoms with E-state index in [-0.39, 0.29) is 11.7 Å². The number of aromatic nitrogens is 3. The summed E-state index contributed by atoms with van der Waals surface area (Å²) in [6, 6.07) is 15.1. The molecule has 0 unspecified atom stereocenters. The summed E-state index contributed by atoms with van der Waals surface area (Å²) in [6.07, 6.45) is 1.59. The minimum Gasteiger partial charge on any atom is -0.326 e. The van der Waals surface area contributed by atoms with E-state index in [4.69, 9.17) is 5.73 Å². The van der Waals surface area contributed by atoms with Crippen molar-refractivity contribution in [1.29, 1.82) is 0 Å². The molecule has 0 fully saturated rings. The zero-order valence-electron chi connectivity index (χ0n) is 15.2. The molecule has 2 aromatic carbocycles. The highest BCUT2D eigenvalue weighted by Gasteiger charge is 2.17. The van der Waals surface area contributed by atoms with Crippen LogP contribution in [-0.2, 0) is 6.54 Å². The van der Waals surface area contributed by atoms with E-state index in [0.717, 1.165) is 5.56 Å². The van der Waals surface area contributed by atoms with Gasteiger partial charge in [0.1, 0.15) is 5.82 Å². The zero-order chi connectivity index (χ0) is 19.7. The number of anilines is 1. The topological polar surface area (TPSA) is 85.8 Å². The van der Waals surface area contributed by atoms with Crippen molar-refractivity contribution in [2.45, 2.75) is 13.5 Å². The lowest BCUT2D eigenvalue weighted by atomic mass is 10.1. The predicted octanol–water partition coefficient (Wildman–Crippen LogP) is 3.58. The van der Waals surface area contributed by atoms with E-state index in [1.54, 1.807) is 29.1 Å². The van der Waals surface area contributed by atoms with E-state index in [0.29, 0.717) is 40.2 Å². The highest BCUT2D eigenvalue weighted by Crippen LogP contribution is 2.23. The second-order valence-corrected chi connectivity index (χ2v) is 6.44. The van der Waals surface area contributed by atoms with Crippen LogP contribution in [0.5, 0.6) is 0 Å². The van der Waals surface area contributed by atoms with Gasteiger partial charge in [0.15, 0.2) is 5.65 Å². The molecule has 2 heterocycles. The third-order valence-corrected chi connectivity index (χ3v) is 4.41. The van der Waals surface area contributed by atoms with Crippen molar-refractivity contribution in [3.63, 3.8) is 0 Å². The Kier molecular flexibility index (Phi) is 4.58. The van der Waals surface area contributed by atoms with Gasteiger partial charge in [-0.05, 0) is 55.0 Å². The number of amides is 1. The molecule has 28 heavy (non-hydrogen) atoms. The second-order valence-electron chi connectivity index (χ2n) is 6.44.